The van der Waals surface area contributed by atoms with E-state index in [-0.39, 0.29) is 17.7 Å². The number of nitrogens with one attached hydrogen (secondary N) is 2. The van der Waals surface area contributed by atoms with Crippen LogP contribution in [0, 0.1) is 5.92 Å². The van der Waals surface area contributed by atoms with Gasteiger partial charge in [-0.15, -0.1) is 0 Å². The SMILES string of the molecule is O=C(C1NNC2CCCC21)N1CCOc2c(O)cc(-c3cccnc3)cc2C1. The summed E-state index contributed by atoms with van der Waals surface area (Å²) in [6, 6.07) is 7.69. The van der Waals surface area contributed by atoms with Crippen molar-refractivity contribution in [3.8, 4) is 22.6 Å². The summed E-state index contributed by atoms with van der Waals surface area (Å²) in [5.41, 5.74) is 9.09. The highest BCUT2D eigenvalue weighted by molar-refractivity contribution is 5.83. The Morgan fingerprint density at radius 3 is 3.04 bits per heavy atom. The van der Waals surface area contributed by atoms with Crippen molar-refractivity contribution in [2.75, 3.05) is 13.2 Å². The quantitative estimate of drug-likeness (QED) is 0.737. The van der Waals surface area contributed by atoms with Gasteiger partial charge in [0.1, 0.15) is 12.6 Å². The van der Waals surface area contributed by atoms with E-state index in [0.29, 0.717) is 37.4 Å². The summed E-state index contributed by atoms with van der Waals surface area (Å²) in [4.78, 5) is 19.2. The molecule has 0 spiro atoms. The molecular weight excluding hydrogens is 356 g/mol. The van der Waals surface area contributed by atoms with Gasteiger partial charge in [0.25, 0.3) is 0 Å². The minimum atomic E-state index is -0.191. The maximum Gasteiger partial charge on any atom is 0.241 e. The van der Waals surface area contributed by atoms with Gasteiger partial charge < -0.3 is 14.7 Å². The van der Waals surface area contributed by atoms with Crippen LogP contribution in [0.1, 0.15) is 24.8 Å². The summed E-state index contributed by atoms with van der Waals surface area (Å²) in [6.45, 7) is 1.29. The molecule has 1 saturated heterocycles. The number of hydrazine groups is 1. The molecule has 3 heterocycles. The maximum absolute atomic E-state index is 13.2. The van der Waals surface area contributed by atoms with Gasteiger partial charge in [-0.2, -0.15) is 0 Å². The van der Waals surface area contributed by atoms with Crippen LogP contribution in [-0.2, 0) is 11.3 Å². The van der Waals surface area contributed by atoms with E-state index in [2.05, 4.69) is 15.8 Å². The van der Waals surface area contributed by atoms with Gasteiger partial charge in [0.15, 0.2) is 11.5 Å². The molecule has 5 rings (SSSR count). The van der Waals surface area contributed by atoms with Gasteiger partial charge in [-0.05, 0) is 36.6 Å². The van der Waals surface area contributed by atoms with Crippen molar-refractivity contribution in [1.82, 2.24) is 20.7 Å². The van der Waals surface area contributed by atoms with E-state index in [4.69, 9.17) is 4.74 Å². The van der Waals surface area contributed by atoms with Crippen molar-refractivity contribution in [2.45, 2.75) is 37.9 Å². The lowest BCUT2D eigenvalue weighted by molar-refractivity contribution is -0.134. The standard InChI is InChI=1S/C21H24N4O3/c26-18-10-14(13-3-2-6-22-11-13)9-15-12-25(7-8-28-20(15)18)21(27)19-16-4-1-5-17(16)23-24-19/h2-3,6,9-11,16-17,19,23-24,26H,1,4-5,7-8,12H2. The van der Waals surface area contributed by atoms with Gasteiger partial charge in [0, 0.05) is 42.0 Å². The second-order valence-electron chi connectivity index (χ2n) is 7.80. The molecule has 1 aromatic carbocycles. The summed E-state index contributed by atoms with van der Waals surface area (Å²) in [5, 5.41) is 10.5. The van der Waals surface area contributed by atoms with E-state index < -0.39 is 0 Å². The van der Waals surface area contributed by atoms with E-state index in [1.165, 1.54) is 6.42 Å². The van der Waals surface area contributed by atoms with Crippen molar-refractivity contribution >= 4 is 5.91 Å². The zero-order valence-corrected chi connectivity index (χ0v) is 15.6. The van der Waals surface area contributed by atoms with Crippen LogP contribution in [0.2, 0.25) is 0 Å². The fourth-order valence-electron chi connectivity index (χ4n) is 4.70. The zero-order chi connectivity index (χ0) is 19.1. The fraction of sp³-hybridized carbons (Fsp3) is 0.429. The molecule has 2 fully saturated rings. The molecule has 2 aliphatic heterocycles. The number of pyridine rings is 1. The molecule has 7 heteroatoms. The first-order valence-corrected chi connectivity index (χ1v) is 9.89. The molecule has 3 N–H and O–H groups in total. The second-order valence-corrected chi connectivity index (χ2v) is 7.80. The number of aromatic hydroxyl groups is 1. The molecule has 146 valence electrons. The molecule has 1 amide bonds. The van der Waals surface area contributed by atoms with Gasteiger partial charge in [0.2, 0.25) is 5.91 Å². The number of benzene rings is 1. The Balaban J connectivity index is 1.43. The Morgan fingerprint density at radius 1 is 1.25 bits per heavy atom. The highest BCUT2D eigenvalue weighted by Crippen LogP contribution is 2.38. The number of rotatable bonds is 2. The molecule has 3 aliphatic rings. The van der Waals surface area contributed by atoms with Crippen LogP contribution in [0.5, 0.6) is 11.5 Å². The highest BCUT2D eigenvalue weighted by Gasteiger charge is 2.44. The Hall–Kier alpha value is -2.64. The predicted molar refractivity (Wildman–Crippen MR) is 103 cm³/mol. The first-order chi connectivity index (χ1) is 13.7. The molecule has 7 nitrogen and oxygen atoms in total. The van der Waals surface area contributed by atoms with Gasteiger partial charge in [-0.1, -0.05) is 12.5 Å². The minimum Gasteiger partial charge on any atom is -0.504 e. The molecule has 0 bridgehead atoms. The third kappa shape index (κ3) is 3.00. The molecular formula is C21H24N4O3. The molecule has 3 unspecified atom stereocenters. The van der Waals surface area contributed by atoms with Crippen LogP contribution in [0.3, 0.4) is 0 Å². The topological polar surface area (TPSA) is 86.7 Å². The summed E-state index contributed by atoms with van der Waals surface area (Å²) >= 11 is 0. The number of carbonyl (C=O) groups excluding carboxylic acids is 1. The van der Waals surface area contributed by atoms with Gasteiger partial charge in [-0.3, -0.25) is 15.2 Å². The summed E-state index contributed by atoms with van der Waals surface area (Å²) in [5.74, 6) is 1.03. The molecule has 0 radical (unpaired) electrons. The number of phenols is 1. The molecule has 1 aromatic heterocycles. The number of ether oxygens (including phenoxy) is 1. The van der Waals surface area contributed by atoms with E-state index in [0.717, 1.165) is 29.5 Å². The van der Waals surface area contributed by atoms with E-state index >= 15 is 0 Å². The van der Waals surface area contributed by atoms with Crippen molar-refractivity contribution in [3.05, 3.63) is 42.2 Å². The molecule has 2 aromatic rings. The van der Waals surface area contributed by atoms with Gasteiger partial charge in [0.05, 0.1) is 6.54 Å². The largest absolute Gasteiger partial charge is 0.504 e. The lowest BCUT2D eigenvalue weighted by Crippen LogP contribution is -2.48. The first-order valence-electron chi connectivity index (χ1n) is 9.89. The number of nitrogens with zero attached hydrogens (tertiary/aromatic N) is 2. The van der Waals surface area contributed by atoms with Crippen LogP contribution < -0.4 is 15.6 Å². The Kier molecular flexibility index (Phi) is 4.41. The number of hydrogen-bond acceptors (Lipinski definition) is 6. The predicted octanol–water partition coefficient (Wildman–Crippen LogP) is 1.82. The fourth-order valence-corrected chi connectivity index (χ4v) is 4.70. The van der Waals surface area contributed by atoms with Crippen LogP contribution in [0.4, 0.5) is 0 Å². The third-order valence-electron chi connectivity index (χ3n) is 6.11. The second kappa shape index (κ2) is 7.07. The van der Waals surface area contributed by atoms with Crippen LogP contribution in [-0.4, -0.2) is 46.1 Å². The summed E-state index contributed by atoms with van der Waals surface area (Å²) in [7, 11) is 0. The number of aromatic nitrogens is 1. The van der Waals surface area contributed by atoms with Gasteiger partial charge >= 0.3 is 0 Å². The number of amides is 1. The van der Waals surface area contributed by atoms with Crippen molar-refractivity contribution in [1.29, 1.82) is 0 Å². The smallest absolute Gasteiger partial charge is 0.241 e. The first kappa shape index (κ1) is 17.5. The number of phenolic OH excluding ortho intramolecular Hbond substituents is 1. The molecule has 3 atom stereocenters. The summed E-state index contributed by atoms with van der Waals surface area (Å²) in [6.07, 6.45) is 6.84. The van der Waals surface area contributed by atoms with E-state index in [9.17, 15) is 9.90 Å². The normalized spacial score (nSPS) is 26.3. The minimum absolute atomic E-state index is 0.0992. The Morgan fingerprint density at radius 2 is 2.18 bits per heavy atom. The lowest BCUT2D eigenvalue weighted by Gasteiger charge is -2.26. The van der Waals surface area contributed by atoms with Crippen molar-refractivity contribution in [2.24, 2.45) is 5.92 Å². The monoisotopic (exact) mass is 380 g/mol. The van der Waals surface area contributed by atoms with Crippen LogP contribution >= 0.6 is 0 Å². The van der Waals surface area contributed by atoms with Crippen molar-refractivity contribution in [3.63, 3.8) is 0 Å². The van der Waals surface area contributed by atoms with E-state index in [1.54, 1.807) is 18.5 Å². The highest BCUT2D eigenvalue weighted by atomic mass is 16.5. The Labute approximate surface area is 163 Å². The number of carbonyl (C=O) groups is 1. The zero-order valence-electron chi connectivity index (χ0n) is 15.6. The number of hydrogen-bond donors (Lipinski definition) is 3. The maximum atomic E-state index is 13.2. The third-order valence-corrected chi connectivity index (χ3v) is 6.11. The van der Waals surface area contributed by atoms with Crippen LogP contribution in [0.15, 0.2) is 36.7 Å². The van der Waals surface area contributed by atoms with Gasteiger partial charge in [-0.25, -0.2) is 5.43 Å². The van der Waals surface area contributed by atoms with E-state index in [1.807, 2.05) is 23.1 Å². The molecule has 1 aliphatic carbocycles. The average molecular weight is 380 g/mol. The number of fused-ring (bicyclic) bond motifs is 2. The molecule has 28 heavy (non-hydrogen) atoms. The molecule has 1 saturated carbocycles. The average Bonchev–Trinajstić information content (AvgIpc) is 3.26. The van der Waals surface area contributed by atoms with Crippen LogP contribution in [0.25, 0.3) is 11.1 Å². The van der Waals surface area contributed by atoms with Crippen molar-refractivity contribution < 1.29 is 14.6 Å². The lowest BCUT2D eigenvalue weighted by atomic mass is 9.96. The summed E-state index contributed by atoms with van der Waals surface area (Å²) < 4.78 is 5.80. The Bertz CT molecular complexity index is 889.